The molecule has 0 spiro atoms. The molecule has 0 aromatic rings. The topological polar surface area (TPSA) is 71.0 Å². The van der Waals surface area contributed by atoms with Crippen LogP contribution >= 0.6 is 0 Å². The summed E-state index contributed by atoms with van der Waals surface area (Å²) in [5.74, 6) is -0.198. The molecular weight excluding hydrogens is 512 g/mol. The van der Waals surface area contributed by atoms with Crippen molar-refractivity contribution in [1.29, 1.82) is 0 Å². The van der Waals surface area contributed by atoms with Gasteiger partial charge in [0.15, 0.2) is 5.78 Å². The van der Waals surface area contributed by atoms with E-state index < -0.39 is 18.1 Å². The molecule has 0 aromatic heterocycles. The lowest BCUT2D eigenvalue weighted by Crippen LogP contribution is -2.51. The molecule has 8 heteroatoms. The van der Waals surface area contributed by atoms with Crippen molar-refractivity contribution in [1.82, 2.24) is 10.2 Å². The van der Waals surface area contributed by atoms with Gasteiger partial charge in [-0.1, -0.05) is 24.6 Å². The van der Waals surface area contributed by atoms with Gasteiger partial charge in [-0.25, -0.2) is 13.6 Å². The van der Waals surface area contributed by atoms with Crippen LogP contribution < -0.4 is 5.32 Å². The first kappa shape index (κ1) is 28.3. The van der Waals surface area contributed by atoms with Crippen molar-refractivity contribution < 1.29 is 23.2 Å². The average Bonchev–Trinajstić information content (AvgIpc) is 3.42. The number of ketones is 1. The number of fused-ring (bicyclic) bond motifs is 5. The second-order valence-corrected chi connectivity index (χ2v) is 14.3. The number of nitrogens with zero attached hydrogens (tertiary/aromatic N) is 2. The van der Waals surface area contributed by atoms with E-state index in [-0.39, 0.29) is 42.2 Å². The largest absolute Gasteiger partial charge is 0.436 e. The minimum Gasteiger partial charge on any atom is -0.308 e. The van der Waals surface area contributed by atoms with Gasteiger partial charge >= 0.3 is 6.09 Å². The minimum absolute atomic E-state index is 0.0587. The molecule has 1 unspecified atom stereocenters. The highest BCUT2D eigenvalue weighted by atomic mass is 19.3. The van der Waals surface area contributed by atoms with Gasteiger partial charge in [-0.2, -0.15) is 0 Å². The molecule has 0 aromatic carbocycles. The van der Waals surface area contributed by atoms with Gasteiger partial charge in [-0.15, -0.1) is 0 Å². The summed E-state index contributed by atoms with van der Waals surface area (Å²) in [6.07, 6.45) is 12.8. The number of amides is 1. The van der Waals surface area contributed by atoms with E-state index in [1.165, 1.54) is 24.8 Å². The number of halogens is 2. The number of carbonyl (C=O) groups is 2. The fourth-order valence-corrected chi connectivity index (χ4v) is 9.91. The molecule has 1 heterocycles. The van der Waals surface area contributed by atoms with Crippen molar-refractivity contribution in [3.63, 3.8) is 0 Å². The normalized spacial score (nSPS) is 40.9. The van der Waals surface area contributed by atoms with Crippen molar-refractivity contribution >= 4 is 17.6 Å². The first-order valence-electron chi connectivity index (χ1n) is 15.9. The van der Waals surface area contributed by atoms with Crippen LogP contribution in [0.4, 0.5) is 13.6 Å². The van der Waals surface area contributed by atoms with Gasteiger partial charge in [0.05, 0.1) is 11.8 Å². The molecule has 0 bridgehead atoms. The number of hydrogen-bond donors (Lipinski definition) is 1. The van der Waals surface area contributed by atoms with Gasteiger partial charge in [-0.05, 0) is 112 Å². The molecule has 40 heavy (non-hydrogen) atoms. The maximum atomic E-state index is 14.1. The second-order valence-electron chi connectivity index (χ2n) is 14.3. The standard InChI is InChI=1S/C32H47F2N3O3/c1-20(36-40-29(39)37(22-5-4-6-22)18-13-28-32(33,34)16-17-35-28)25-9-10-26-24-8-7-21-19-23(38)11-14-30(21,2)27(24)12-15-31(25,26)3/h19,22,24-28,35H,4-18H2,1-3H3/b36-20+/t24-,25+,26-,27-,28?,30-,31+/m0/s1. The summed E-state index contributed by atoms with van der Waals surface area (Å²) in [6.45, 7) is 7.43. The zero-order valence-electron chi connectivity index (χ0n) is 24.5. The first-order valence-corrected chi connectivity index (χ1v) is 15.9. The third-order valence-corrected chi connectivity index (χ3v) is 12.5. The van der Waals surface area contributed by atoms with E-state index in [2.05, 4.69) is 24.3 Å². The quantitative estimate of drug-likeness (QED) is 0.219. The summed E-state index contributed by atoms with van der Waals surface area (Å²) in [7, 11) is 0. The molecule has 1 aliphatic heterocycles. The smallest absolute Gasteiger partial charge is 0.308 e. The van der Waals surface area contributed by atoms with E-state index >= 15 is 0 Å². The summed E-state index contributed by atoms with van der Waals surface area (Å²) < 4.78 is 28.3. The van der Waals surface area contributed by atoms with E-state index in [0.29, 0.717) is 36.5 Å². The molecule has 1 saturated heterocycles. The third kappa shape index (κ3) is 4.74. The van der Waals surface area contributed by atoms with Crippen molar-refractivity contribution in [2.45, 2.75) is 122 Å². The Kier molecular flexibility index (Phi) is 7.40. The van der Waals surface area contributed by atoms with Gasteiger partial charge in [0.1, 0.15) is 0 Å². The Bertz CT molecular complexity index is 1090. The van der Waals surface area contributed by atoms with E-state index in [9.17, 15) is 18.4 Å². The average molecular weight is 560 g/mol. The highest BCUT2D eigenvalue weighted by Gasteiger charge is 2.59. The lowest BCUT2D eigenvalue weighted by molar-refractivity contribution is -0.117. The van der Waals surface area contributed by atoms with E-state index in [1.807, 2.05) is 13.0 Å². The number of rotatable bonds is 6. The SMILES string of the molecule is C/C(=N\OC(=O)N(CCC1NCCC1(F)F)C1CCC1)[C@H]1CC[C@H]2[C@@H]3CCC4=CC(=O)CC[C@]4(C)[C@H]3CC[C@]12C. The van der Waals surface area contributed by atoms with Gasteiger partial charge in [0.2, 0.25) is 0 Å². The molecule has 5 aliphatic carbocycles. The van der Waals surface area contributed by atoms with Crippen LogP contribution in [0.3, 0.4) is 0 Å². The van der Waals surface area contributed by atoms with E-state index in [0.717, 1.165) is 50.7 Å². The van der Waals surface area contributed by atoms with E-state index in [1.54, 1.807) is 4.90 Å². The lowest BCUT2D eigenvalue weighted by Gasteiger charge is -2.58. The highest BCUT2D eigenvalue weighted by molar-refractivity contribution is 5.91. The molecule has 6 aliphatic rings. The zero-order chi connectivity index (χ0) is 28.3. The van der Waals surface area contributed by atoms with Gasteiger partial charge in [0.25, 0.3) is 5.92 Å². The molecule has 1 N–H and O–H groups in total. The number of alkyl halides is 2. The Morgan fingerprint density at radius 1 is 1.07 bits per heavy atom. The summed E-state index contributed by atoms with van der Waals surface area (Å²) in [6, 6.07) is -0.829. The number of carbonyl (C=O) groups excluding carboxylic acids is 2. The van der Waals surface area contributed by atoms with Crippen LogP contribution in [0.2, 0.25) is 0 Å². The fraction of sp³-hybridized carbons (Fsp3) is 0.844. The molecule has 1 amide bonds. The predicted octanol–water partition coefficient (Wildman–Crippen LogP) is 6.89. The fourth-order valence-electron chi connectivity index (χ4n) is 9.91. The van der Waals surface area contributed by atoms with Crippen LogP contribution in [-0.2, 0) is 9.63 Å². The van der Waals surface area contributed by atoms with Gasteiger partial charge in [-0.3, -0.25) is 9.63 Å². The van der Waals surface area contributed by atoms with E-state index in [4.69, 9.17) is 4.84 Å². The first-order chi connectivity index (χ1) is 19.0. The lowest BCUT2D eigenvalue weighted by atomic mass is 9.46. The van der Waals surface area contributed by atoms with Crippen molar-refractivity contribution in [3.05, 3.63) is 11.6 Å². The minimum atomic E-state index is -2.72. The molecule has 5 fully saturated rings. The van der Waals surface area contributed by atoms with Crippen LogP contribution in [0.1, 0.15) is 104 Å². The number of hydrogen-bond acceptors (Lipinski definition) is 5. The second kappa shape index (κ2) is 10.5. The monoisotopic (exact) mass is 559 g/mol. The third-order valence-electron chi connectivity index (χ3n) is 12.5. The Labute approximate surface area is 237 Å². The summed E-state index contributed by atoms with van der Waals surface area (Å²) in [5, 5.41) is 7.32. The molecule has 4 saturated carbocycles. The molecule has 0 radical (unpaired) electrons. The van der Waals surface area contributed by atoms with Crippen molar-refractivity contribution in [3.8, 4) is 0 Å². The summed E-state index contributed by atoms with van der Waals surface area (Å²) in [4.78, 5) is 32.5. The predicted molar refractivity (Wildman–Crippen MR) is 150 cm³/mol. The van der Waals surface area contributed by atoms with Crippen LogP contribution in [0, 0.1) is 34.5 Å². The molecule has 7 atom stereocenters. The molecule has 6 nitrogen and oxygen atoms in total. The van der Waals surface area contributed by atoms with Crippen LogP contribution in [0.15, 0.2) is 16.8 Å². The summed E-state index contributed by atoms with van der Waals surface area (Å²) >= 11 is 0. The number of nitrogens with one attached hydrogen (secondary N) is 1. The van der Waals surface area contributed by atoms with Crippen molar-refractivity contribution in [2.75, 3.05) is 13.1 Å². The Morgan fingerprint density at radius 2 is 1.88 bits per heavy atom. The van der Waals surface area contributed by atoms with Crippen LogP contribution in [0.5, 0.6) is 0 Å². The molecule has 6 rings (SSSR count). The maximum absolute atomic E-state index is 14.1. The number of allylic oxidation sites excluding steroid dienone is 1. The maximum Gasteiger partial charge on any atom is 0.436 e. The van der Waals surface area contributed by atoms with Crippen LogP contribution in [0.25, 0.3) is 0 Å². The number of oxime groups is 1. The zero-order valence-corrected chi connectivity index (χ0v) is 24.5. The Hall–Kier alpha value is -1.83. The highest BCUT2D eigenvalue weighted by Crippen LogP contribution is 2.66. The Morgan fingerprint density at radius 3 is 2.58 bits per heavy atom. The Balaban J connectivity index is 1.11. The van der Waals surface area contributed by atoms with Gasteiger partial charge in [0, 0.05) is 37.9 Å². The summed E-state index contributed by atoms with van der Waals surface area (Å²) in [5.41, 5.74) is 2.59. The van der Waals surface area contributed by atoms with Crippen LogP contribution in [-0.4, -0.2) is 53.6 Å². The molecule has 222 valence electrons. The van der Waals surface area contributed by atoms with Crippen molar-refractivity contribution in [2.24, 2.45) is 39.7 Å². The molecular formula is C32H47F2N3O3. The van der Waals surface area contributed by atoms with Gasteiger partial charge < -0.3 is 10.2 Å².